The van der Waals surface area contributed by atoms with Crippen molar-refractivity contribution in [1.29, 1.82) is 0 Å². The third-order valence-corrected chi connectivity index (χ3v) is 9.55. The standard InChI is InChI=1S/C50H80NO9P/c1-6-8-10-12-14-15-16-17-18-19-20-21-22-23-24-25-30-34-38-42-50(54)60-48(46-59-61(55,56)58-44-43-51(3,4)5)45-57-49(53)41-37-33-29-27-26-28-32-36-40-47(52)39-35-31-13-11-9-7-2/h9,11,14-15,17-18,20-21,23-24,27-32,34-36,40,47-48,52H,6-8,10,12-13,16,19,22,25-26,33,37-39,41-46H2,1-5H3/p+1/b11-9-,15-14-,18-17-,21-20-,24-23-,29-27-,32-28-,34-30-,35-31-,40-36+/t47?,48-/m1/s1. The van der Waals surface area contributed by atoms with Crippen LogP contribution in [0.4, 0.5) is 0 Å². The first kappa shape index (κ1) is 57.4. The van der Waals surface area contributed by atoms with Gasteiger partial charge in [0.15, 0.2) is 6.10 Å². The Morgan fingerprint density at radius 3 is 1.74 bits per heavy atom. The molecule has 11 heteroatoms. The van der Waals surface area contributed by atoms with E-state index in [1.165, 1.54) is 25.7 Å². The number of nitrogens with zero attached hydrogens (tertiary/aromatic N) is 1. The molecule has 0 aromatic rings. The first-order chi connectivity index (χ1) is 29.4. The summed E-state index contributed by atoms with van der Waals surface area (Å²) in [5, 5.41) is 10.0. The molecule has 0 saturated carbocycles. The summed E-state index contributed by atoms with van der Waals surface area (Å²) in [6.45, 7) is 4.00. The van der Waals surface area contributed by atoms with Gasteiger partial charge >= 0.3 is 19.8 Å². The Kier molecular flexibility index (Phi) is 38.0. The van der Waals surface area contributed by atoms with Gasteiger partial charge in [-0.25, -0.2) is 4.57 Å². The molecular weight excluding hydrogens is 790 g/mol. The molecule has 0 fully saturated rings. The van der Waals surface area contributed by atoms with E-state index in [0.29, 0.717) is 36.7 Å². The maximum absolute atomic E-state index is 12.7. The van der Waals surface area contributed by atoms with Crippen molar-refractivity contribution in [2.45, 2.75) is 135 Å². The van der Waals surface area contributed by atoms with E-state index >= 15 is 0 Å². The van der Waals surface area contributed by atoms with Gasteiger partial charge in [0.1, 0.15) is 19.8 Å². The van der Waals surface area contributed by atoms with Crippen molar-refractivity contribution in [2.75, 3.05) is 47.5 Å². The van der Waals surface area contributed by atoms with Gasteiger partial charge in [-0.3, -0.25) is 18.6 Å². The number of rotatable bonds is 38. The number of esters is 2. The number of aliphatic hydroxyl groups excluding tert-OH is 1. The fraction of sp³-hybridized carbons (Fsp3) is 0.560. The molecule has 0 spiro atoms. The molecule has 10 nitrogen and oxygen atoms in total. The third-order valence-electron chi connectivity index (χ3n) is 8.57. The first-order valence-electron chi connectivity index (χ1n) is 22.4. The molecule has 0 aliphatic carbocycles. The molecule has 2 N–H and O–H groups in total. The molecule has 0 amide bonds. The number of phosphoric ester groups is 1. The zero-order valence-electron chi connectivity index (χ0n) is 38.2. The molecule has 0 saturated heterocycles. The maximum atomic E-state index is 12.7. The molecule has 0 bridgehead atoms. The summed E-state index contributed by atoms with van der Waals surface area (Å²) in [6, 6.07) is 0. The average molecular weight is 871 g/mol. The van der Waals surface area contributed by atoms with Gasteiger partial charge in [0.2, 0.25) is 0 Å². The highest BCUT2D eigenvalue weighted by molar-refractivity contribution is 7.47. The lowest BCUT2D eigenvalue weighted by molar-refractivity contribution is -0.870. The average Bonchev–Trinajstić information content (AvgIpc) is 3.21. The number of hydrogen-bond acceptors (Lipinski definition) is 8. The number of carbonyl (C=O) groups excluding carboxylic acids is 2. The molecular formula is C50H81NO9P+. The number of phosphoric acid groups is 1. The summed E-state index contributed by atoms with van der Waals surface area (Å²) in [5.41, 5.74) is 0. The van der Waals surface area contributed by atoms with Crippen LogP contribution in [0.25, 0.3) is 0 Å². The number of hydrogen-bond donors (Lipinski definition) is 2. The largest absolute Gasteiger partial charge is 0.472 e. The molecule has 0 radical (unpaired) electrons. The van der Waals surface area contributed by atoms with Crippen LogP contribution in [0.5, 0.6) is 0 Å². The fourth-order valence-electron chi connectivity index (χ4n) is 5.06. The number of quaternary nitrogens is 1. The Morgan fingerprint density at radius 2 is 1.15 bits per heavy atom. The minimum absolute atomic E-state index is 0.00810. The molecule has 0 aliphatic rings. The summed E-state index contributed by atoms with van der Waals surface area (Å²) in [7, 11) is 1.34. The second-order valence-electron chi connectivity index (χ2n) is 15.5. The zero-order chi connectivity index (χ0) is 45.1. The number of aliphatic hydroxyl groups is 1. The number of allylic oxidation sites excluding steroid dienone is 18. The zero-order valence-corrected chi connectivity index (χ0v) is 39.1. The number of carbonyl (C=O) groups is 2. The Hall–Kier alpha value is -3.63. The van der Waals surface area contributed by atoms with Crippen LogP contribution in [0, 0.1) is 0 Å². The maximum Gasteiger partial charge on any atom is 0.472 e. The number of likely N-dealkylation sites (N-methyl/N-ethyl adjacent to an activating group) is 1. The molecule has 61 heavy (non-hydrogen) atoms. The van der Waals surface area contributed by atoms with E-state index < -0.39 is 38.6 Å². The summed E-state index contributed by atoms with van der Waals surface area (Å²) in [4.78, 5) is 35.3. The van der Waals surface area contributed by atoms with Gasteiger partial charge in [-0.05, 0) is 83.5 Å². The van der Waals surface area contributed by atoms with Crippen LogP contribution >= 0.6 is 7.82 Å². The van der Waals surface area contributed by atoms with Crippen LogP contribution in [0.2, 0.25) is 0 Å². The highest BCUT2D eigenvalue weighted by Crippen LogP contribution is 2.43. The topological polar surface area (TPSA) is 129 Å². The van der Waals surface area contributed by atoms with Crippen LogP contribution in [0.3, 0.4) is 0 Å². The normalized spacial score (nSPS) is 15.2. The van der Waals surface area contributed by atoms with Crippen molar-refractivity contribution in [3.05, 3.63) is 122 Å². The Balaban J connectivity index is 4.66. The van der Waals surface area contributed by atoms with Crippen LogP contribution in [-0.4, -0.2) is 86.1 Å². The van der Waals surface area contributed by atoms with E-state index in [0.717, 1.165) is 44.9 Å². The number of unbranched alkanes of at least 4 members (excludes halogenated alkanes) is 4. The van der Waals surface area contributed by atoms with Gasteiger partial charge in [-0.2, -0.15) is 0 Å². The van der Waals surface area contributed by atoms with Crippen molar-refractivity contribution in [1.82, 2.24) is 0 Å². The van der Waals surface area contributed by atoms with Crippen molar-refractivity contribution in [3.8, 4) is 0 Å². The monoisotopic (exact) mass is 871 g/mol. The minimum Gasteiger partial charge on any atom is -0.462 e. The van der Waals surface area contributed by atoms with E-state index in [9.17, 15) is 24.2 Å². The Bertz CT molecular complexity index is 1460. The van der Waals surface area contributed by atoms with Crippen molar-refractivity contribution >= 4 is 19.8 Å². The van der Waals surface area contributed by atoms with E-state index in [2.05, 4.69) is 74.6 Å². The van der Waals surface area contributed by atoms with Gasteiger partial charge in [-0.15, -0.1) is 0 Å². The molecule has 2 unspecified atom stereocenters. The van der Waals surface area contributed by atoms with Gasteiger partial charge in [-0.1, -0.05) is 148 Å². The molecule has 0 aromatic carbocycles. The molecule has 0 rings (SSSR count). The predicted molar refractivity (Wildman–Crippen MR) is 253 cm³/mol. The minimum atomic E-state index is -4.43. The number of ether oxygens (including phenoxy) is 2. The summed E-state index contributed by atoms with van der Waals surface area (Å²) < 4.78 is 34.1. The summed E-state index contributed by atoms with van der Waals surface area (Å²) in [6.07, 6.45) is 53.0. The highest BCUT2D eigenvalue weighted by Gasteiger charge is 2.27. The third kappa shape index (κ3) is 44.2. The van der Waals surface area contributed by atoms with Crippen molar-refractivity contribution in [3.63, 3.8) is 0 Å². The second kappa shape index (κ2) is 40.4. The fourth-order valence-corrected chi connectivity index (χ4v) is 5.80. The van der Waals surface area contributed by atoms with Gasteiger partial charge in [0.05, 0.1) is 33.9 Å². The van der Waals surface area contributed by atoms with E-state index in [4.69, 9.17) is 18.5 Å². The molecule has 0 aliphatic heterocycles. The van der Waals surface area contributed by atoms with Crippen LogP contribution in [0.15, 0.2) is 122 Å². The van der Waals surface area contributed by atoms with Gasteiger partial charge < -0.3 is 24.0 Å². The van der Waals surface area contributed by atoms with Crippen LogP contribution < -0.4 is 0 Å². The second-order valence-corrected chi connectivity index (χ2v) is 17.0. The van der Waals surface area contributed by atoms with Crippen molar-refractivity contribution in [2.24, 2.45) is 0 Å². The SMILES string of the molecule is CC/C=C\C/C=C\CC(O)/C=C/C=C\C/C=C\CCCC(=O)OC[C@H](COP(=O)(O)OCC[N+](C)(C)C)OC(=O)CC/C=C\C/C=C\C/C=C\C/C=C\C/C=C\CCCCC. The predicted octanol–water partition coefficient (Wildman–Crippen LogP) is 11.9. The quantitative estimate of drug-likeness (QED) is 0.0156. The molecule has 344 valence electrons. The Morgan fingerprint density at radius 1 is 0.607 bits per heavy atom. The summed E-state index contributed by atoms with van der Waals surface area (Å²) in [5.74, 6) is -1.02. The highest BCUT2D eigenvalue weighted by atomic mass is 31.2. The van der Waals surface area contributed by atoms with Crippen molar-refractivity contribution < 1.29 is 47.2 Å². The van der Waals surface area contributed by atoms with Crippen LogP contribution in [-0.2, 0) is 32.7 Å². The van der Waals surface area contributed by atoms with Crippen LogP contribution in [0.1, 0.15) is 123 Å². The molecule has 0 heterocycles. The van der Waals surface area contributed by atoms with E-state index in [1.807, 2.05) is 75.8 Å². The summed E-state index contributed by atoms with van der Waals surface area (Å²) >= 11 is 0. The van der Waals surface area contributed by atoms with E-state index in [1.54, 1.807) is 6.08 Å². The lowest BCUT2D eigenvalue weighted by atomic mass is 10.2. The molecule has 3 atom stereocenters. The lowest BCUT2D eigenvalue weighted by Crippen LogP contribution is -2.37. The van der Waals surface area contributed by atoms with Gasteiger partial charge in [0.25, 0.3) is 0 Å². The smallest absolute Gasteiger partial charge is 0.462 e. The molecule has 0 aromatic heterocycles. The van der Waals surface area contributed by atoms with Gasteiger partial charge in [0, 0.05) is 12.8 Å². The Labute approximate surface area is 370 Å². The van der Waals surface area contributed by atoms with E-state index in [-0.39, 0.29) is 26.1 Å². The lowest BCUT2D eigenvalue weighted by Gasteiger charge is -2.24. The first-order valence-corrected chi connectivity index (χ1v) is 23.9.